The van der Waals surface area contributed by atoms with Gasteiger partial charge in [-0.1, -0.05) is 27.7 Å². The third kappa shape index (κ3) is 2.19. The predicted octanol–water partition coefficient (Wildman–Crippen LogP) is 4.51. The highest BCUT2D eigenvalue weighted by molar-refractivity contribution is 5.93. The first kappa shape index (κ1) is 20.0. The summed E-state index contributed by atoms with van der Waals surface area (Å²) in [4.78, 5) is 24.1. The van der Waals surface area contributed by atoms with E-state index in [0.717, 1.165) is 13.8 Å². The smallest absolute Gasteiger partial charge is 0.393 e. The van der Waals surface area contributed by atoms with Crippen LogP contribution in [0.1, 0.15) is 41.5 Å². The van der Waals surface area contributed by atoms with Crippen molar-refractivity contribution in [1.29, 1.82) is 0 Å². The van der Waals surface area contributed by atoms with Crippen LogP contribution in [0.15, 0.2) is 0 Å². The Bertz CT molecular complexity index is 579. The fourth-order valence-electron chi connectivity index (χ4n) is 4.30. The molecule has 0 spiro atoms. The third-order valence-electron chi connectivity index (χ3n) is 6.96. The molecule has 0 aromatic rings. The van der Waals surface area contributed by atoms with Crippen molar-refractivity contribution in [2.75, 3.05) is 0 Å². The molecule has 0 aromatic carbocycles. The Kier molecular flexibility index (Phi) is 3.77. The Balaban J connectivity index is 2.18. The van der Waals surface area contributed by atoms with Crippen LogP contribution in [0, 0.1) is 33.5 Å². The van der Waals surface area contributed by atoms with Crippen molar-refractivity contribution in [2.45, 2.75) is 53.9 Å². The summed E-state index contributed by atoms with van der Waals surface area (Å²) in [7, 11) is 0. The molecule has 2 aliphatic carbocycles. The molecule has 0 aromatic heterocycles. The van der Waals surface area contributed by atoms with E-state index in [0.29, 0.717) is 0 Å². The SMILES string of the molecule is CC1(C)C(C(=O)OC(=O)C2C(C)(C)C2(C)C(F)(F)F)C1(C)C(F)(F)F. The standard InChI is InChI=1S/C16H20F6O3/c1-11(2)7(13(11,5)15(17,18)19)9(23)25-10(24)8-12(3,4)14(8,6)16(20,21)22/h7-8H,1-6H3. The summed E-state index contributed by atoms with van der Waals surface area (Å²) in [6.45, 7) is 6.50. The van der Waals surface area contributed by atoms with Gasteiger partial charge in [-0.2, -0.15) is 26.3 Å². The number of esters is 2. The maximum absolute atomic E-state index is 13.2. The van der Waals surface area contributed by atoms with E-state index in [4.69, 9.17) is 0 Å². The zero-order chi connectivity index (χ0) is 20.0. The van der Waals surface area contributed by atoms with Crippen LogP contribution in [0.5, 0.6) is 0 Å². The quantitative estimate of drug-likeness (QED) is 0.406. The first-order valence-corrected chi connectivity index (χ1v) is 7.68. The lowest BCUT2D eigenvalue weighted by molar-refractivity contribution is -0.200. The largest absolute Gasteiger partial charge is 0.395 e. The lowest BCUT2D eigenvalue weighted by Crippen LogP contribution is -2.30. The van der Waals surface area contributed by atoms with Gasteiger partial charge in [-0.3, -0.25) is 9.59 Å². The molecule has 9 heteroatoms. The van der Waals surface area contributed by atoms with E-state index in [1.807, 2.05) is 0 Å². The molecule has 144 valence electrons. The van der Waals surface area contributed by atoms with Crippen LogP contribution in [0.4, 0.5) is 26.3 Å². The van der Waals surface area contributed by atoms with Crippen LogP contribution in [0.2, 0.25) is 0 Å². The third-order valence-corrected chi connectivity index (χ3v) is 6.96. The van der Waals surface area contributed by atoms with Crippen molar-refractivity contribution in [1.82, 2.24) is 0 Å². The van der Waals surface area contributed by atoms with Gasteiger partial charge in [0.25, 0.3) is 0 Å². The van der Waals surface area contributed by atoms with E-state index in [1.54, 1.807) is 0 Å². The Labute approximate surface area is 141 Å². The highest BCUT2D eigenvalue weighted by Crippen LogP contribution is 2.77. The van der Waals surface area contributed by atoms with E-state index in [-0.39, 0.29) is 0 Å². The number of hydrogen-bond acceptors (Lipinski definition) is 3. The number of rotatable bonds is 2. The number of ether oxygens (including phenoxy) is 1. The van der Waals surface area contributed by atoms with Gasteiger partial charge in [0.15, 0.2) is 0 Å². The lowest BCUT2D eigenvalue weighted by atomic mass is 9.98. The van der Waals surface area contributed by atoms with Crippen LogP contribution in [-0.4, -0.2) is 24.3 Å². The molecular weight excluding hydrogens is 354 g/mol. The zero-order valence-electron chi connectivity index (χ0n) is 14.6. The van der Waals surface area contributed by atoms with E-state index in [2.05, 4.69) is 4.74 Å². The van der Waals surface area contributed by atoms with Crippen molar-refractivity contribution >= 4 is 11.9 Å². The molecule has 4 unspecified atom stereocenters. The number of hydrogen-bond donors (Lipinski definition) is 0. The molecule has 2 saturated carbocycles. The van der Waals surface area contributed by atoms with Gasteiger partial charge in [0, 0.05) is 0 Å². The number of carbonyl (C=O) groups excluding carboxylic acids is 2. The highest BCUT2D eigenvalue weighted by Gasteiger charge is 2.85. The number of alkyl halides is 6. The molecule has 25 heavy (non-hydrogen) atoms. The van der Waals surface area contributed by atoms with Gasteiger partial charge in [-0.05, 0) is 24.7 Å². The summed E-state index contributed by atoms with van der Waals surface area (Å²) in [5.74, 6) is -6.13. The Morgan fingerprint density at radius 1 is 0.680 bits per heavy atom. The van der Waals surface area contributed by atoms with Crippen LogP contribution in [0.3, 0.4) is 0 Å². The summed E-state index contributed by atoms with van der Waals surface area (Å²) in [5, 5.41) is 0. The maximum atomic E-state index is 13.2. The minimum Gasteiger partial charge on any atom is -0.393 e. The first-order chi connectivity index (χ1) is 10.8. The molecular formula is C16H20F6O3. The minimum atomic E-state index is -4.71. The molecule has 4 atom stereocenters. The summed E-state index contributed by atoms with van der Waals surface area (Å²) in [6, 6.07) is 0. The van der Waals surface area contributed by atoms with Gasteiger partial charge >= 0.3 is 24.3 Å². The van der Waals surface area contributed by atoms with Gasteiger partial charge in [-0.15, -0.1) is 0 Å². The van der Waals surface area contributed by atoms with Crippen molar-refractivity contribution < 1.29 is 40.7 Å². The van der Waals surface area contributed by atoms with E-state index >= 15 is 0 Å². The van der Waals surface area contributed by atoms with Crippen LogP contribution in [-0.2, 0) is 14.3 Å². The Morgan fingerprint density at radius 2 is 0.920 bits per heavy atom. The van der Waals surface area contributed by atoms with Crippen molar-refractivity contribution in [3.05, 3.63) is 0 Å². The predicted molar refractivity (Wildman–Crippen MR) is 74.0 cm³/mol. The van der Waals surface area contributed by atoms with Crippen molar-refractivity contribution in [3.8, 4) is 0 Å². The number of halogens is 6. The molecule has 0 N–H and O–H groups in total. The van der Waals surface area contributed by atoms with Crippen LogP contribution >= 0.6 is 0 Å². The molecule has 2 rings (SSSR count). The van der Waals surface area contributed by atoms with Gasteiger partial charge in [0.2, 0.25) is 0 Å². The highest BCUT2D eigenvalue weighted by atomic mass is 19.4. The molecule has 0 bridgehead atoms. The monoisotopic (exact) mass is 374 g/mol. The summed E-state index contributed by atoms with van der Waals surface area (Å²) >= 11 is 0. The molecule has 0 saturated heterocycles. The number of carbonyl (C=O) groups is 2. The maximum Gasteiger partial charge on any atom is 0.395 e. The van der Waals surface area contributed by atoms with Gasteiger partial charge in [-0.25, -0.2) is 0 Å². The zero-order valence-corrected chi connectivity index (χ0v) is 14.6. The topological polar surface area (TPSA) is 43.4 Å². The molecule has 0 amide bonds. The fraction of sp³-hybridized carbons (Fsp3) is 0.875. The molecule has 0 aliphatic heterocycles. The Morgan fingerprint density at radius 3 is 1.08 bits per heavy atom. The second-order valence-electron chi connectivity index (χ2n) is 8.45. The normalized spacial score (nSPS) is 38.9. The van der Waals surface area contributed by atoms with Gasteiger partial charge in [0.05, 0.1) is 22.7 Å². The minimum absolute atomic E-state index is 0.838. The average molecular weight is 374 g/mol. The van der Waals surface area contributed by atoms with Gasteiger partial charge in [0.1, 0.15) is 0 Å². The molecule has 0 heterocycles. The Hall–Kier alpha value is -1.28. The second kappa shape index (κ2) is 4.71. The summed E-state index contributed by atoms with van der Waals surface area (Å²) in [5.41, 5.74) is -7.78. The summed E-state index contributed by atoms with van der Waals surface area (Å²) in [6.07, 6.45) is -9.41. The molecule has 3 nitrogen and oxygen atoms in total. The average Bonchev–Trinajstić information content (AvgIpc) is 3.02. The lowest BCUT2D eigenvalue weighted by Gasteiger charge is -2.18. The van der Waals surface area contributed by atoms with E-state index in [9.17, 15) is 35.9 Å². The second-order valence-corrected chi connectivity index (χ2v) is 8.45. The first-order valence-electron chi connectivity index (χ1n) is 7.68. The molecule has 2 fully saturated rings. The van der Waals surface area contributed by atoms with Crippen molar-refractivity contribution in [2.24, 2.45) is 33.5 Å². The summed E-state index contributed by atoms with van der Waals surface area (Å²) < 4.78 is 83.7. The van der Waals surface area contributed by atoms with E-state index in [1.165, 1.54) is 27.7 Å². The molecule has 2 aliphatic rings. The van der Waals surface area contributed by atoms with Crippen molar-refractivity contribution in [3.63, 3.8) is 0 Å². The van der Waals surface area contributed by atoms with Gasteiger partial charge < -0.3 is 4.74 Å². The van der Waals surface area contributed by atoms with Crippen LogP contribution < -0.4 is 0 Å². The van der Waals surface area contributed by atoms with Crippen LogP contribution in [0.25, 0.3) is 0 Å². The van der Waals surface area contributed by atoms with E-state index < -0.39 is 57.8 Å². The fourth-order valence-corrected chi connectivity index (χ4v) is 4.30. The molecule has 0 radical (unpaired) electrons.